The zero-order chi connectivity index (χ0) is 15.5. The molecule has 0 radical (unpaired) electrons. The summed E-state index contributed by atoms with van der Waals surface area (Å²) in [6, 6.07) is 0. The zero-order valence-electron chi connectivity index (χ0n) is 14.0. The van der Waals surface area contributed by atoms with E-state index >= 15 is 0 Å². The first-order valence-corrected chi connectivity index (χ1v) is 8.22. The molecule has 0 saturated carbocycles. The molecule has 0 amide bonds. The van der Waals surface area contributed by atoms with Gasteiger partial charge in [-0.05, 0) is 0 Å². The van der Waals surface area contributed by atoms with E-state index in [2.05, 4.69) is 85.8 Å². The molecule has 0 unspecified atom stereocenters. The zero-order valence-corrected chi connectivity index (χ0v) is 15.5. The average Bonchev–Trinajstić information content (AvgIpc) is 2.97. The molecule has 0 fully saturated rings. The van der Waals surface area contributed by atoms with E-state index in [1.165, 1.54) is 38.9 Å². The van der Waals surface area contributed by atoms with Crippen molar-refractivity contribution in [1.82, 2.24) is 0 Å². The topological polar surface area (TPSA) is 0 Å². The van der Waals surface area contributed by atoms with Crippen LogP contribution in [0.25, 0.3) is 0 Å². The van der Waals surface area contributed by atoms with Crippen molar-refractivity contribution in [2.75, 3.05) is 0 Å². The van der Waals surface area contributed by atoms with Crippen LogP contribution >= 0.6 is 0 Å². The van der Waals surface area contributed by atoms with Crippen molar-refractivity contribution in [2.24, 2.45) is 0 Å². The van der Waals surface area contributed by atoms with Crippen molar-refractivity contribution in [3.05, 3.63) is 46.6 Å². The first-order chi connectivity index (χ1) is 9.38. The summed E-state index contributed by atoms with van der Waals surface area (Å²) >= 11 is 2.08. The van der Waals surface area contributed by atoms with Gasteiger partial charge < -0.3 is 0 Å². The maximum absolute atomic E-state index is 3.24. The van der Waals surface area contributed by atoms with Crippen LogP contribution in [0.4, 0.5) is 0 Å². The molecule has 0 nitrogen and oxygen atoms in total. The fourth-order valence-electron chi connectivity index (χ4n) is 1.78. The van der Waals surface area contributed by atoms with Gasteiger partial charge in [0.1, 0.15) is 0 Å². The molecule has 0 aliphatic heterocycles. The van der Waals surface area contributed by atoms with Gasteiger partial charge in [-0.3, -0.25) is 12.2 Å². The molecule has 0 aromatic rings. The SMILES string of the molecule is CCC1=CC(C)=[C-]C1.CCC1=CC(C)=[C-]C1.C[C](C)=[Ti+2]. The van der Waals surface area contributed by atoms with E-state index in [4.69, 9.17) is 0 Å². The Morgan fingerprint density at radius 3 is 1.35 bits per heavy atom. The van der Waals surface area contributed by atoms with Crippen LogP contribution < -0.4 is 0 Å². The fraction of sp³-hybridized carbons (Fsp3) is 0.526. The normalized spacial score (nSPS) is 16.0. The van der Waals surface area contributed by atoms with Gasteiger partial charge in [-0.2, -0.15) is 11.1 Å². The van der Waals surface area contributed by atoms with Gasteiger partial charge in [-0.1, -0.05) is 40.5 Å². The summed E-state index contributed by atoms with van der Waals surface area (Å²) in [5, 5.41) is 0. The average molecular weight is 304 g/mol. The molecule has 0 saturated heterocycles. The van der Waals surface area contributed by atoms with Crippen molar-refractivity contribution in [3.63, 3.8) is 0 Å². The minimum absolute atomic E-state index is 1.07. The van der Waals surface area contributed by atoms with E-state index in [9.17, 15) is 0 Å². The maximum atomic E-state index is 3.24. The molecule has 0 spiro atoms. The van der Waals surface area contributed by atoms with Gasteiger partial charge in [-0.25, -0.2) is 23.3 Å². The molecular weight excluding hydrogens is 276 g/mol. The Balaban J connectivity index is 0.000000289. The first-order valence-electron chi connectivity index (χ1n) is 7.44. The quantitative estimate of drug-likeness (QED) is 0.453. The van der Waals surface area contributed by atoms with E-state index in [-0.39, 0.29) is 0 Å². The van der Waals surface area contributed by atoms with Crippen LogP contribution in [0.15, 0.2) is 34.4 Å². The van der Waals surface area contributed by atoms with Gasteiger partial charge in [0.15, 0.2) is 0 Å². The van der Waals surface area contributed by atoms with Crippen LogP contribution in [0, 0.1) is 12.2 Å². The molecule has 0 bridgehead atoms. The van der Waals surface area contributed by atoms with E-state index in [1.54, 1.807) is 0 Å². The van der Waals surface area contributed by atoms with Gasteiger partial charge in [0.25, 0.3) is 0 Å². The predicted molar refractivity (Wildman–Crippen MR) is 87.2 cm³/mol. The third-order valence-electron chi connectivity index (χ3n) is 2.94. The second-order valence-corrected chi connectivity index (χ2v) is 6.95. The molecule has 0 atom stereocenters. The Morgan fingerprint density at radius 2 is 1.25 bits per heavy atom. The van der Waals surface area contributed by atoms with Crippen LogP contribution in [0.3, 0.4) is 0 Å². The Kier molecular flexibility index (Phi) is 11.0. The summed E-state index contributed by atoms with van der Waals surface area (Å²) in [4.78, 5) is 0. The number of hydrogen-bond donors (Lipinski definition) is 0. The van der Waals surface area contributed by atoms with E-state index < -0.39 is 0 Å². The Hall–Kier alpha value is -0.456. The molecule has 0 aromatic carbocycles. The second-order valence-electron chi connectivity index (χ2n) is 5.39. The fourth-order valence-corrected chi connectivity index (χ4v) is 1.78. The number of hydrogen-bond acceptors (Lipinski definition) is 0. The van der Waals surface area contributed by atoms with E-state index in [1.807, 2.05) is 0 Å². The summed E-state index contributed by atoms with van der Waals surface area (Å²) in [5.41, 5.74) is 5.65. The van der Waals surface area contributed by atoms with Crippen LogP contribution in [-0.2, 0) is 20.0 Å². The Bertz CT molecular complexity index is 391. The van der Waals surface area contributed by atoms with Crippen molar-refractivity contribution >= 4 is 3.81 Å². The van der Waals surface area contributed by atoms with Crippen LogP contribution in [0.2, 0.25) is 0 Å². The second kappa shape index (κ2) is 11.2. The molecular formula is C19H28Ti. The third-order valence-corrected chi connectivity index (χ3v) is 2.94. The Labute approximate surface area is 137 Å². The van der Waals surface area contributed by atoms with Crippen molar-refractivity contribution < 1.29 is 20.0 Å². The number of rotatable bonds is 2. The third kappa shape index (κ3) is 10.3. The summed E-state index contributed by atoms with van der Waals surface area (Å²) in [6.07, 6.45) is 15.4. The Morgan fingerprint density at radius 1 is 0.950 bits per heavy atom. The summed E-state index contributed by atoms with van der Waals surface area (Å²) in [5.74, 6) is 0. The van der Waals surface area contributed by atoms with Gasteiger partial charge in [0.05, 0.1) is 0 Å². The van der Waals surface area contributed by atoms with E-state index in [0.717, 1.165) is 12.8 Å². The van der Waals surface area contributed by atoms with Gasteiger partial charge in [-0.15, -0.1) is 12.8 Å². The van der Waals surface area contributed by atoms with Crippen LogP contribution in [-0.4, -0.2) is 3.81 Å². The van der Waals surface area contributed by atoms with Gasteiger partial charge in [0, 0.05) is 0 Å². The molecule has 1 heteroatoms. The van der Waals surface area contributed by atoms with Crippen LogP contribution in [0.5, 0.6) is 0 Å². The molecule has 108 valence electrons. The summed E-state index contributed by atoms with van der Waals surface area (Å²) in [7, 11) is 0. The minimum atomic E-state index is 1.07. The standard InChI is InChI=1S/2C8H11.C3H6.Ti/c2*1-3-8-5-4-7(2)6-8;1-3-2;/h2*6H,3,5H2,1-2H3;1-2H3;/q2*-1;;+2. The molecule has 0 N–H and O–H groups in total. The summed E-state index contributed by atoms with van der Waals surface area (Å²) < 4.78 is 1.42. The van der Waals surface area contributed by atoms with Gasteiger partial charge in [0.2, 0.25) is 0 Å². The molecule has 2 aliphatic rings. The first kappa shape index (κ1) is 19.5. The molecule has 2 aliphatic carbocycles. The number of allylic oxidation sites excluding steroid dienone is 8. The van der Waals surface area contributed by atoms with Crippen molar-refractivity contribution in [2.45, 2.75) is 67.2 Å². The van der Waals surface area contributed by atoms with Crippen molar-refractivity contribution in [3.8, 4) is 0 Å². The monoisotopic (exact) mass is 304 g/mol. The molecule has 0 aromatic heterocycles. The predicted octanol–water partition coefficient (Wildman–Crippen LogP) is 5.70. The molecule has 2 rings (SSSR count). The van der Waals surface area contributed by atoms with E-state index in [0.29, 0.717) is 0 Å². The van der Waals surface area contributed by atoms with Gasteiger partial charge >= 0.3 is 37.6 Å². The molecule has 0 heterocycles. The van der Waals surface area contributed by atoms with Crippen LogP contribution in [0.1, 0.15) is 67.2 Å². The molecule has 20 heavy (non-hydrogen) atoms. The summed E-state index contributed by atoms with van der Waals surface area (Å²) in [6.45, 7) is 12.7. The van der Waals surface area contributed by atoms with Crippen molar-refractivity contribution in [1.29, 1.82) is 0 Å².